The monoisotopic (exact) mass is 595 g/mol. The molecule has 42 heavy (non-hydrogen) atoms. The smallest absolute Gasteiger partial charge is 0.425 e. The molecule has 4 rings (SSSR count). The van der Waals surface area contributed by atoms with Crippen LogP contribution in [0.2, 0.25) is 5.02 Å². The Labute approximate surface area is 245 Å². The van der Waals surface area contributed by atoms with Gasteiger partial charge in [0.1, 0.15) is 46.4 Å². The predicted octanol–water partition coefficient (Wildman–Crippen LogP) is 5.88. The van der Waals surface area contributed by atoms with Crippen molar-refractivity contribution in [3.05, 3.63) is 53.3 Å². The van der Waals surface area contributed by atoms with Crippen LogP contribution in [0.15, 0.2) is 36.9 Å². The molecule has 4 aromatic rings. The van der Waals surface area contributed by atoms with Gasteiger partial charge in [0, 0.05) is 18.0 Å². The van der Waals surface area contributed by atoms with Gasteiger partial charge in [-0.25, -0.2) is 33.6 Å². The van der Waals surface area contributed by atoms with Crippen molar-refractivity contribution in [1.29, 1.82) is 5.26 Å². The van der Waals surface area contributed by atoms with Gasteiger partial charge in [0.25, 0.3) is 0 Å². The van der Waals surface area contributed by atoms with Gasteiger partial charge in [-0.15, -0.1) is 0 Å². The lowest BCUT2D eigenvalue weighted by Gasteiger charge is -2.28. The molecule has 0 saturated carbocycles. The summed E-state index contributed by atoms with van der Waals surface area (Å²) in [6.45, 7) is 9.88. The number of nitrogens with zero attached hydrogens (tertiary/aromatic N) is 7. The number of carbonyl (C=O) groups excluding carboxylic acids is 2. The summed E-state index contributed by atoms with van der Waals surface area (Å²) < 4.78 is 26.8. The van der Waals surface area contributed by atoms with Gasteiger partial charge in [-0.1, -0.05) is 11.6 Å². The van der Waals surface area contributed by atoms with Crippen LogP contribution in [0.5, 0.6) is 0 Å². The third-order valence-electron chi connectivity index (χ3n) is 5.22. The number of hydrogen-bond donors (Lipinski definition) is 2. The van der Waals surface area contributed by atoms with Crippen LogP contribution in [0.4, 0.5) is 37.1 Å². The minimum atomic E-state index is -1.02. The lowest BCUT2D eigenvalue weighted by atomic mass is 10.1. The first-order chi connectivity index (χ1) is 19.6. The van der Waals surface area contributed by atoms with E-state index >= 15 is 0 Å². The molecule has 0 unspecified atom stereocenters. The fraction of sp³-hybridized carbons (Fsp3) is 0.296. The average molecular weight is 596 g/mol. The van der Waals surface area contributed by atoms with Crippen molar-refractivity contribution in [2.24, 2.45) is 0 Å². The quantitative estimate of drug-likeness (QED) is 0.270. The summed E-state index contributed by atoms with van der Waals surface area (Å²) in [4.78, 5) is 39.0. The Kier molecular flexibility index (Phi) is 7.91. The number of anilines is 4. The first-order valence-electron chi connectivity index (χ1n) is 12.4. The van der Waals surface area contributed by atoms with E-state index in [1.165, 1.54) is 29.1 Å². The zero-order valence-electron chi connectivity index (χ0n) is 23.6. The van der Waals surface area contributed by atoms with E-state index < -0.39 is 29.2 Å². The Hall–Kier alpha value is -5.03. The van der Waals surface area contributed by atoms with Gasteiger partial charge in [0.05, 0.1) is 22.2 Å². The van der Waals surface area contributed by atoms with E-state index in [0.29, 0.717) is 4.90 Å². The molecule has 0 bridgehead atoms. The summed E-state index contributed by atoms with van der Waals surface area (Å²) >= 11 is 6.35. The van der Waals surface area contributed by atoms with Gasteiger partial charge in [0.15, 0.2) is 11.6 Å². The lowest BCUT2D eigenvalue weighted by molar-refractivity contribution is 0.0429. The highest BCUT2D eigenvalue weighted by Crippen LogP contribution is 2.32. The Morgan fingerprint density at radius 3 is 2.31 bits per heavy atom. The van der Waals surface area contributed by atoms with Gasteiger partial charge in [-0.05, 0) is 53.7 Å². The minimum absolute atomic E-state index is 0.0808. The summed E-state index contributed by atoms with van der Waals surface area (Å²) in [5, 5.41) is 17.1. The Bertz CT molecular complexity index is 1710. The number of nitriles is 1. The summed E-state index contributed by atoms with van der Waals surface area (Å²) in [6.07, 6.45) is 1.46. The van der Waals surface area contributed by atoms with E-state index in [-0.39, 0.29) is 50.3 Å². The maximum Gasteiger partial charge on any atom is 0.425 e. The van der Waals surface area contributed by atoms with Crippen molar-refractivity contribution < 1.29 is 23.5 Å². The molecule has 0 fully saturated rings. The van der Waals surface area contributed by atoms with Crippen LogP contribution in [-0.4, -0.2) is 48.1 Å². The number of nitrogens with two attached hydrogens (primary N) is 1. The third kappa shape index (κ3) is 6.64. The van der Waals surface area contributed by atoms with Crippen molar-refractivity contribution in [3.63, 3.8) is 0 Å². The summed E-state index contributed by atoms with van der Waals surface area (Å²) in [5.41, 5.74) is 4.48. The SMILES string of the molecule is CC(C)(C)OC(=O)N(C(=O)OC(C)(C)C)c1cc(Nc2ncc(F)c3nn(-c4c(Cl)cc(N)cc4C#N)cc23)ncn1. The average Bonchev–Trinajstić information content (AvgIpc) is 3.29. The molecule has 0 spiro atoms. The van der Waals surface area contributed by atoms with E-state index in [4.69, 9.17) is 26.8 Å². The number of aromatic nitrogens is 5. The van der Waals surface area contributed by atoms with Crippen LogP contribution in [0.1, 0.15) is 47.1 Å². The van der Waals surface area contributed by atoms with Crippen LogP contribution in [0.3, 0.4) is 0 Å². The van der Waals surface area contributed by atoms with E-state index in [0.717, 1.165) is 12.5 Å². The highest BCUT2D eigenvalue weighted by molar-refractivity contribution is 6.33. The number of ether oxygens (including phenoxy) is 2. The topological polar surface area (TPSA) is 174 Å². The number of fused-ring (bicyclic) bond motifs is 1. The largest absolute Gasteiger partial charge is 0.443 e. The van der Waals surface area contributed by atoms with Crippen molar-refractivity contribution in [2.75, 3.05) is 16.0 Å². The molecular weight excluding hydrogens is 569 g/mol. The maximum absolute atomic E-state index is 14.8. The number of rotatable bonds is 4. The molecule has 1 aromatic carbocycles. The molecule has 0 atom stereocenters. The lowest BCUT2D eigenvalue weighted by Crippen LogP contribution is -2.44. The normalized spacial score (nSPS) is 11.6. The van der Waals surface area contributed by atoms with Crippen LogP contribution >= 0.6 is 11.6 Å². The van der Waals surface area contributed by atoms with Crippen LogP contribution in [-0.2, 0) is 9.47 Å². The molecular formula is C27H27ClFN9O4. The van der Waals surface area contributed by atoms with Gasteiger partial charge in [-0.2, -0.15) is 15.3 Å². The molecule has 0 aliphatic carbocycles. The van der Waals surface area contributed by atoms with Crippen LogP contribution < -0.4 is 16.0 Å². The number of nitrogens with one attached hydrogen (secondary N) is 1. The molecule has 15 heteroatoms. The van der Waals surface area contributed by atoms with E-state index in [1.807, 2.05) is 6.07 Å². The zero-order chi connectivity index (χ0) is 31.0. The zero-order valence-corrected chi connectivity index (χ0v) is 24.3. The summed E-state index contributed by atoms with van der Waals surface area (Å²) in [6, 6.07) is 6.16. The summed E-state index contributed by atoms with van der Waals surface area (Å²) in [5.74, 6) is -0.678. The number of amides is 2. The molecule has 0 saturated heterocycles. The van der Waals surface area contributed by atoms with E-state index in [1.54, 1.807) is 41.5 Å². The number of halogens is 2. The predicted molar refractivity (Wildman–Crippen MR) is 153 cm³/mol. The molecule has 3 heterocycles. The van der Waals surface area contributed by atoms with Crippen LogP contribution in [0, 0.1) is 17.1 Å². The third-order valence-corrected chi connectivity index (χ3v) is 5.51. The molecule has 2 amide bonds. The number of benzene rings is 1. The second-order valence-electron chi connectivity index (χ2n) is 11.0. The Morgan fingerprint density at radius 2 is 1.71 bits per heavy atom. The molecule has 3 N–H and O–H groups in total. The number of nitrogen functional groups attached to an aromatic ring is 1. The number of pyridine rings is 1. The molecule has 0 aliphatic heterocycles. The highest BCUT2D eigenvalue weighted by atomic mass is 35.5. The standard InChI is InChI=1S/C27H27ClFN9O4/c1-26(2,3)41-24(39)38(25(40)42-27(4,5)6)20-9-19(33-13-34-20)35-23-16-12-37(36-21(16)18(29)11-32-23)22-14(10-30)7-15(31)8-17(22)28/h7-9,11-13H,31H2,1-6H3,(H,32,33,34,35). The van der Waals surface area contributed by atoms with E-state index in [9.17, 15) is 19.2 Å². The van der Waals surface area contributed by atoms with Gasteiger partial charge < -0.3 is 20.5 Å². The Morgan fingerprint density at radius 1 is 1.07 bits per heavy atom. The number of imide groups is 1. The van der Waals surface area contributed by atoms with Crippen LogP contribution in [0.25, 0.3) is 16.6 Å². The first-order valence-corrected chi connectivity index (χ1v) is 12.8. The second kappa shape index (κ2) is 11.1. The second-order valence-corrected chi connectivity index (χ2v) is 11.4. The molecule has 13 nitrogen and oxygen atoms in total. The molecule has 3 aromatic heterocycles. The van der Waals surface area contributed by atoms with Gasteiger partial charge in [-0.3, -0.25) is 0 Å². The Balaban J connectivity index is 1.75. The van der Waals surface area contributed by atoms with Crippen molar-refractivity contribution >= 4 is 57.8 Å². The number of carbonyl (C=O) groups is 2. The van der Waals surface area contributed by atoms with Crippen molar-refractivity contribution in [3.8, 4) is 11.8 Å². The summed E-state index contributed by atoms with van der Waals surface area (Å²) in [7, 11) is 0. The molecule has 0 radical (unpaired) electrons. The van der Waals surface area contributed by atoms with Gasteiger partial charge in [0.2, 0.25) is 0 Å². The van der Waals surface area contributed by atoms with Crippen molar-refractivity contribution in [2.45, 2.75) is 52.7 Å². The molecule has 0 aliphatic rings. The fourth-order valence-electron chi connectivity index (χ4n) is 3.66. The van der Waals surface area contributed by atoms with E-state index in [2.05, 4.69) is 25.4 Å². The highest BCUT2D eigenvalue weighted by Gasteiger charge is 2.34. The number of hydrogen-bond acceptors (Lipinski definition) is 11. The van der Waals surface area contributed by atoms with Gasteiger partial charge >= 0.3 is 12.2 Å². The maximum atomic E-state index is 14.8. The minimum Gasteiger partial charge on any atom is -0.443 e. The fourth-order valence-corrected chi connectivity index (χ4v) is 3.98. The van der Waals surface area contributed by atoms with Crippen molar-refractivity contribution in [1.82, 2.24) is 24.7 Å². The molecule has 218 valence electrons. The first kappa shape index (κ1) is 29.9.